The summed E-state index contributed by atoms with van der Waals surface area (Å²) in [5, 5.41) is 33.7. The van der Waals surface area contributed by atoms with Gasteiger partial charge in [0.25, 0.3) is 0 Å². The Balaban J connectivity index is 0.977. The summed E-state index contributed by atoms with van der Waals surface area (Å²) in [6, 6.07) is 1.88. The molecule has 1 aliphatic heterocycles. The molecule has 9 nitrogen and oxygen atoms in total. The zero-order valence-electron chi connectivity index (χ0n) is 42.2. The van der Waals surface area contributed by atoms with Crippen molar-refractivity contribution >= 4 is 23.5 Å². The van der Waals surface area contributed by atoms with Gasteiger partial charge in [-0.3, -0.25) is 19.2 Å². The van der Waals surface area contributed by atoms with Gasteiger partial charge >= 0.3 is 17.7 Å². The molecule has 6 saturated carbocycles. The van der Waals surface area contributed by atoms with E-state index in [0.29, 0.717) is 48.1 Å². The standard InChI is InChI=1S/C58H74O9/c1-32-43-35(52(7)22-26-56(11)41-31-50(5,46(63)64)18-16-48(41,3)20-24-54(56,9)39(52)29-36(43)59)27-37-44(32)67-57(12)33-13-14-38-51(6,34(33)28-42(60)58(57,65)66-37)21-25-55(10)40-30-49(4,45(61)62)17-15-47(40,2)19-23-53(38,55)8/h13-14,27-29,40-41,65H,15-26,30-31H2,1-12H3,(H,61,62)(H,63,64)/t40-,41-,47-,48-,49-,50-,51+,52+,53-,54-,55+,56+,57-,58+/m1/s1. The first kappa shape index (κ1) is 45.5. The van der Waals surface area contributed by atoms with Gasteiger partial charge in [-0.2, -0.15) is 0 Å². The van der Waals surface area contributed by atoms with Crippen LogP contribution in [-0.2, 0) is 19.8 Å². The van der Waals surface area contributed by atoms with Crippen molar-refractivity contribution in [1.29, 1.82) is 0 Å². The Labute approximate surface area is 397 Å². The van der Waals surface area contributed by atoms with Gasteiger partial charge in [0.1, 0.15) is 0 Å². The Morgan fingerprint density at radius 2 is 1.10 bits per heavy atom. The summed E-state index contributed by atoms with van der Waals surface area (Å²) in [5.41, 5.74) is 0.664. The van der Waals surface area contributed by atoms with Crippen LogP contribution in [0, 0.1) is 67.5 Å². The van der Waals surface area contributed by atoms with Crippen molar-refractivity contribution in [2.45, 2.75) is 190 Å². The third-order valence-electron chi connectivity index (χ3n) is 23.9. The van der Waals surface area contributed by atoms with Crippen LogP contribution >= 0.6 is 0 Å². The second kappa shape index (κ2) is 12.9. The molecule has 0 radical (unpaired) electrons. The number of hydrogen-bond donors (Lipinski definition) is 3. The van der Waals surface area contributed by atoms with E-state index in [-0.39, 0.29) is 55.9 Å². The van der Waals surface area contributed by atoms with Gasteiger partial charge in [-0.1, -0.05) is 73.1 Å². The number of fused-ring (bicyclic) bond motifs is 17. The van der Waals surface area contributed by atoms with Crippen LogP contribution in [-0.4, -0.2) is 50.2 Å². The molecule has 0 aromatic heterocycles. The summed E-state index contributed by atoms with van der Waals surface area (Å²) in [7, 11) is 0. The van der Waals surface area contributed by atoms with E-state index in [1.165, 1.54) is 5.57 Å². The number of benzene rings is 1. The molecular formula is C58H74O9. The van der Waals surface area contributed by atoms with Crippen LogP contribution in [0.5, 0.6) is 11.5 Å². The van der Waals surface area contributed by atoms with Crippen LogP contribution in [0.4, 0.5) is 0 Å². The lowest BCUT2D eigenvalue weighted by Crippen LogP contribution is -2.70. The first-order chi connectivity index (χ1) is 30.9. The number of aliphatic hydroxyl groups is 1. The van der Waals surface area contributed by atoms with E-state index in [4.69, 9.17) is 9.47 Å². The highest BCUT2D eigenvalue weighted by molar-refractivity contribution is 6.10. The summed E-state index contributed by atoms with van der Waals surface area (Å²) in [4.78, 5) is 55.2. The first-order valence-electron chi connectivity index (χ1n) is 25.6. The molecule has 1 aromatic carbocycles. The van der Waals surface area contributed by atoms with Crippen molar-refractivity contribution in [1.82, 2.24) is 0 Å². The van der Waals surface area contributed by atoms with E-state index < -0.39 is 50.8 Å². The van der Waals surface area contributed by atoms with Crippen molar-refractivity contribution in [2.75, 3.05) is 0 Å². The molecule has 360 valence electrons. The van der Waals surface area contributed by atoms with Crippen LogP contribution < -0.4 is 9.47 Å². The maximum Gasteiger partial charge on any atom is 0.317 e. The fourth-order valence-corrected chi connectivity index (χ4v) is 18.4. The average Bonchev–Trinajstić information content (AvgIpc) is 3.25. The van der Waals surface area contributed by atoms with Gasteiger partial charge in [0.2, 0.25) is 11.4 Å². The molecule has 0 bridgehead atoms. The number of carbonyl (C=O) groups is 4. The predicted molar refractivity (Wildman–Crippen MR) is 255 cm³/mol. The van der Waals surface area contributed by atoms with Gasteiger partial charge in [0.15, 0.2) is 17.3 Å². The van der Waals surface area contributed by atoms with Gasteiger partial charge in [0, 0.05) is 27.5 Å². The van der Waals surface area contributed by atoms with Crippen molar-refractivity contribution in [3.05, 3.63) is 69.4 Å². The molecule has 0 saturated heterocycles. The third kappa shape index (κ3) is 5.07. The quantitative estimate of drug-likeness (QED) is 0.264. The normalized spacial score (nSPS) is 50.0. The summed E-state index contributed by atoms with van der Waals surface area (Å²) < 4.78 is 13.8. The smallest absolute Gasteiger partial charge is 0.317 e. The summed E-state index contributed by atoms with van der Waals surface area (Å²) in [5.74, 6) is -3.46. The zero-order valence-corrected chi connectivity index (χ0v) is 42.2. The Bertz CT molecular complexity index is 2690. The van der Waals surface area contributed by atoms with E-state index in [0.717, 1.165) is 80.9 Å². The van der Waals surface area contributed by atoms with Crippen molar-refractivity contribution in [2.24, 2.45) is 60.6 Å². The van der Waals surface area contributed by atoms with Gasteiger partial charge in [-0.25, -0.2) is 0 Å². The Morgan fingerprint density at radius 1 is 0.597 bits per heavy atom. The van der Waals surface area contributed by atoms with Gasteiger partial charge in [0.05, 0.1) is 10.8 Å². The van der Waals surface area contributed by atoms with Crippen molar-refractivity contribution in [3.8, 4) is 11.5 Å². The van der Waals surface area contributed by atoms with Gasteiger partial charge in [-0.15, -0.1) is 0 Å². The minimum Gasteiger partial charge on any atom is -0.481 e. The minimum atomic E-state index is -2.39. The average molecular weight is 915 g/mol. The molecule has 11 rings (SSSR count). The zero-order chi connectivity index (χ0) is 48.5. The van der Waals surface area contributed by atoms with E-state index in [1.807, 2.05) is 39.0 Å². The first-order valence-corrected chi connectivity index (χ1v) is 25.6. The molecule has 0 spiro atoms. The van der Waals surface area contributed by atoms with Crippen LogP contribution in [0.3, 0.4) is 0 Å². The lowest BCUT2D eigenvalue weighted by atomic mass is 9.34. The van der Waals surface area contributed by atoms with E-state index >= 15 is 0 Å². The number of carboxylic acid groups (broad SMARTS) is 2. The Hall–Kier alpha value is -3.98. The highest BCUT2D eigenvalue weighted by atomic mass is 16.7. The second-order valence-electron chi connectivity index (χ2n) is 26.9. The monoisotopic (exact) mass is 915 g/mol. The molecule has 3 N–H and O–H groups in total. The molecule has 0 amide bonds. The number of carboxylic acids is 2. The molecule has 14 atom stereocenters. The number of rotatable bonds is 2. The maximum absolute atomic E-state index is 14.9. The van der Waals surface area contributed by atoms with Gasteiger partial charge in [-0.05, 0) is 197 Å². The molecule has 1 heterocycles. The Kier molecular flexibility index (Phi) is 8.72. The lowest BCUT2D eigenvalue weighted by Gasteiger charge is -2.70. The number of allylic oxidation sites excluding steroid dienone is 5. The molecule has 1 aromatic rings. The number of hydrogen-bond acceptors (Lipinski definition) is 7. The summed E-state index contributed by atoms with van der Waals surface area (Å²) in [6.45, 7) is 26.2. The highest BCUT2D eigenvalue weighted by Gasteiger charge is 2.72. The van der Waals surface area contributed by atoms with Crippen LogP contribution in [0.15, 0.2) is 52.7 Å². The molecule has 0 unspecified atom stereocenters. The van der Waals surface area contributed by atoms with E-state index in [1.54, 1.807) is 13.0 Å². The van der Waals surface area contributed by atoms with Crippen molar-refractivity contribution in [3.63, 3.8) is 0 Å². The number of aliphatic carboxylic acids is 2. The number of ketones is 2. The SMILES string of the molecule is Cc1c2c(cc3c1C(=O)C=C1[C@@]3(C)CC[C@@]3(C)[C@@H]4C[C@](C)(C(=O)O)CC[C@]4(C)CC[C@]13C)O[C@@]1(O)C(=O)C=C3C(=CC=C4[C@@]3(C)CC[C@@]3(C)[C@@H]5C[C@](C)(C(=O)O)CC[C@]5(C)CC[C@]43C)[C@@]1(C)O2. The van der Waals surface area contributed by atoms with Crippen LogP contribution in [0.25, 0.3) is 0 Å². The van der Waals surface area contributed by atoms with E-state index in [9.17, 15) is 34.5 Å². The molecule has 9 aliphatic carbocycles. The third-order valence-corrected chi connectivity index (χ3v) is 23.9. The predicted octanol–water partition coefficient (Wildman–Crippen LogP) is 12.0. The molecule has 67 heavy (non-hydrogen) atoms. The van der Waals surface area contributed by atoms with Gasteiger partial charge < -0.3 is 24.8 Å². The van der Waals surface area contributed by atoms with Crippen LogP contribution in [0.1, 0.15) is 188 Å². The number of carbonyl (C=O) groups excluding carboxylic acids is 2. The summed E-state index contributed by atoms with van der Waals surface area (Å²) in [6.07, 6.45) is 19.3. The van der Waals surface area contributed by atoms with E-state index in [2.05, 4.69) is 61.5 Å². The van der Waals surface area contributed by atoms with Crippen molar-refractivity contribution < 1.29 is 44.0 Å². The lowest BCUT2D eigenvalue weighted by molar-refractivity contribution is -0.231. The fourth-order valence-electron chi connectivity index (χ4n) is 18.4. The topological polar surface area (TPSA) is 147 Å². The molecule has 9 heteroatoms. The molecule has 10 aliphatic rings. The maximum atomic E-state index is 14.9. The molecular weight excluding hydrogens is 841 g/mol. The Morgan fingerprint density at radius 3 is 1.64 bits per heavy atom. The molecule has 6 fully saturated rings. The minimum absolute atomic E-state index is 0.0229. The second-order valence-corrected chi connectivity index (χ2v) is 26.9. The summed E-state index contributed by atoms with van der Waals surface area (Å²) >= 11 is 0. The van der Waals surface area contributed by atoms with Crippen LogP contribution in [0.2, 0.25) is 0 Å². The fraction of sp³-hybridized carbons (Fsp3) is 0.690. The number of ether oxygens (including phenoxy) is 2. The highest BCUT2D eigenvalue weighted by Crippen LogP contribution is 2.78. The largest absolute Gasteiger partial charge is 0.481 e.